The molecule has 3 heterocycles. The van der Waals surface area contributed by atoms with E-state index < -0.39 is 0 Å². The van der Waals surface area contributed by atoms with E-state index >= 15 is 0 Å². The smallest absolute Gasteiger partial charge is 0.251 e. The van der Waals surface area contributed by atoms with Gasteiger partial charge in [-0.1, -0.05) is 53.6 Å². The number of ether oxygens (including phenoxy) is 1. The Morgan fingerprint density at radius 2 is 1.52 bits per heavy atom. The molecule has 0 radical (unpaired) electrons. The summed E-state index contributed by atoms with van der Waals surface area (Å²) in [5.74, 6) is 3.30. The minimum Gasteiger partial charge on any atom is -0.457 e. The number of fused-ring (bicyclic) bond motifs is 1. The third-order valence-electron chi connectivity index (χ3n) is 6.89. The quantitative estimate of drug-likeness (QED) is 0.247. The van der Waals surface area contributed by atoms with E-state index in [1.807, 2.05) is 62.4 Å². The zero-order valence-electron chi connectivity index (χ0n) is 22.6. The summed E-state index contributed by atoms with van der Waals surface area (Å²) in [5.41, 5.74) is 6.23. The van der Waals surface area contributed by atoms with Gasteiger partial charge in [-0.2, -0.15) is 9.97 Å². The highest BCUT2D eigenvalue weighted by Crippen LogP contribution is 2.33. The van der Waals surface area contributed by atoms with Crippen molar-refractivity contribution in [2.45, 2.75) is 40.5 Å². The first-order valence-electron chi connectivity index (χ1n) is 13.0. The number of hydrogen-bond donors (Lipinski definition) is 1. The van der Waals surface area contributed by atoms with Gasteiger partial charge in [0, 0.05) is 42.0 Å². The Bertz CT molecular complexity index is 1900. The van der Waals surface area contributed by atoms with Gasteiger partial charge in [0.2, 0.25) is 23.4 Å². The van der Waals surface area contributed by atoms with E-state index in [9.17, 15) is 4.79 Å². The van der Waals surface area contributed by atoms with Crippen LogP contribution in [0.5, 0.6) is 11.5 Å². The van der Waals surface area contributed by atoms with Crippen molar-refractivity contribution in [1.29, 1.82) is 0 Å². The fourth-order valence-corrected chi connectivity index (χ4v) is 5.02. The van der Waals surface area contributed by atoms with Crippen LogP contribution in [0.1, 0.15) is 41.0 Å². The molecule has 0 saturated carbocycles. The third-order valence-corrected chi connectivity index (χ3v) is 6.89. The van der Waals surface area contributed by atoms with Crippen LogP contribution in [0.2, 0.25) is 0 Å². The number of aromatic amines is 1. The van der Waals surface area contributed by atoms with Gasteiger partial charge in [-0.3, -0.25) is 4.79 Å². The number of rotatable bonds is 7. The van der Waals surface area contributed by atoms with Crippen LogP contribution < -0.4 is 10.3 Å². The lowest BCUT2D eigenvalue weighted by molar-refractivity contribution is 0.394. The molecule has 1 N–H and O–H groups in total. The second-order valence-corrected chi connectivity index (χ2v) is 9.69. The predicted molar refractivity (Wildman–Crippen MR) is 151 cm³/mol. The summed E-state index contributed by atoms with van der Waals surface area (Å²) in [6, 6.07) is 19.5. The van der Waals surface area contributed by atoms with E-state index in [1.165, 1.54) is 0 Å². The first-order chi connectivity index (χ1) is 19.4. The molecule has 3 aromatic heterocycles. The van der Waals surface area contributed by atoms with Crippen LogP contribution in [0.4, 0.5) is 0 Å². The minimum absolute atomic E-state index is 0.0789. The van der Waals surface area contributed by atoms with Crippen molar-refractivity contribution in [3.63, 3.8) is 0 Å². The molecule has 3 aromatic carbocycles. The maximum Gasteiger partial charge on any atom is 0.251 e. The Balaban J connectivity index is 1.39. The summed E-state index contributed by atoms with van der Waals surface area (Å²) in [7, 11) is 0. The van der Waals surface area contributed by atoms with Gasteiger partial charge in [0.1, 0.15) is 11.5 Å². The van der Waals surface area contributed by atoms with Crippen LogP contribution in [-0.4, -0.2) is 25.3 Å². The fraction of sp³-hybridized carbons (Fsp3) is 0.194. The Morgan fingerprint density at radius 1 is 0.825 bits per heavy atom. The Kier molecular flexibility index (Phi) is 6.47. The zero-order chi connectivity index (χ0) is 27.8. The number of aromatic nitrogens is 5. The second kappa shape index (κ2) is 10.3. The topological polar surface area (TPSA) is 120 Å². The highest BCUT2D eigenvalue weighted by atomic mass is 16.5. The van der Waals surface area contributed by atoms with Gasteiger partial charge in [0.15, 0.2) is 0 Å². The van der Waals surface area contributed by atoms with E-state index in [0.29, 0.717) is 47.8 Å². The van der Waals surface area contributed by atoms with E-state index in [1.54, 1.807) is 13.8 Å². The van der Waals surface area contributed by atoms with E-state index in [0.717, 1.165) is 44.3 Å². The van der Waals surface area contributed by atoms with Gasteiger partial charge in [0.05, 0.1) is 5.52 Å². The summed E-state index contributed by atoms with van der Waals surface area (Å²) in [5, 5.41) is 9.04. The number of hydrogen-bond acceptors (Lipinski definition) is 8. The first-order valence-corrected chi connectivity index (χ1v) is 13.0. The molecule has 0 saturated heterocycles. The van der Waals surface area contributed by atoms with Crippen molar-refractivity contribution in [3.05, 3.63) is 105 Å². The van der Waals surface area contributed by atoms with Crippen molar-refractivity contribution in [1.82, 2.24) is 25.3 Å². The standard InChI is InChI=1S/C31H27N5O4/c1-5-26-17(2)28-23(13-20-9-11-21(12-10-20)29-32-18(3)39-35-29)15-25(16-27(28)34-31(26)37)38-24-8-6-7-22(14-24)30-33-19(4)40-36-30/h6-12,14-16H,5,13H2,1-4H3,(H,34,37). The molecule has 6 aromatic rings. The average Bonchev–Trinajstić information content (AvgIpc) is 3.57. The van der Waals surface area contributed by atoms with E-state index in [4.69, 9.17) is 13.8 Å². The van der Waals surface area contributed by atoms with Crippen LogP contribution >= 0.6 is 0 Å². The average molecular weight is 534 g/mol. The maximum atomic E-state index is 12.9. The first kappa shape index (κ1) is 25.2. The lowest BCUT2D eigenvalue weighted by Gasteiger charge is -2.15. The molecule has 0 bridgehead atoms. The van der Waals surface area contributed by atoms with Gasteiger partial charge < -0.3 is 18.8 Å². The lowest BCUT2D eigenvalue weighted by atomic mass is 9.94. The van der Waals surface area contributed by atoms with Crippen LogP contribution in [0.3, 0.4) is 0 Å². The summed E-state index contributed by atoms with van der Waals surface area (Å²) in [6.07, 6.45) is 1.29. The number of pyridine rings is 1. The van der Waals surface area contributed by atoms with Crippen molar-refractivity contribution < 1.29 is 13.8 Å². The van der Waals surface area contributed by atoms with Crippen LogP contribution in [0, 0.1) is 20.8 Å². The molecule has 0 aliphatic rings. The molecule has 9 heteroatoms. The molecule has 0 fully saturated rings. The van der Waals surface area contributed by atoms with Gasteiger partial charge in [-0.15, -0.1) is 0 Å². The lowest BCUT2D eigenvalue weighted by Crippen LogP contribution is -2.15. The largest absolute Gasteiger partial charge is 0.457 e. The van der Waals surface area contributed by atoms with Crippen molar-refractivity contribution in [2.75, 3.05) is 0 Å². The van der Waals surface area contributed by atoms with Crippen molar-refractivity contribution >= 4 is 10.9 Å². The number of nitrogens with zero attached hydrogens (tertiary/aromatic N) is 4. The zero-order valence-corrected chi connectivity index (χ0v) is 22.6. The predicted octanol–water partition coefficient (Wildman–Crippen LogP) is 6.50. The van der Waals surface area contributed by atoms with Crippen molar-refractivity contribution in [2.24, 2.45) is 0 Å². The summed E-state index contributed by atoms with van der Waals surface area (Å²) < 4.78 is 16.6. The summed E-state index contributed by atoms with van der Waals surface area (Å²) >= 11 is 0. The minimum atomic E-state index is -0.0789. The Labute approximate surface area is 229 Å². The van der Waals surface area contributed by atoms with Gasteiger partial charge in [0.25, 0.3) is 5.56 Å². The molecule has 0 spiro atoms. The number of benzene rings is 3. The second-order valence-electron chi connectivity index (χ2n) is 9.69. The number of nitrogens with one attached hydrogen (secondary N) is 1. The molecule has 200 valence electrons. The molecule has 9 nitrogen and oxygen atoms in total. The third kappa shape index (κ3) is 4.89. The molecule has 0 atom stereocenters. The molecular formula is C31H27N5O4. The van der Waals surface area contributed by atoms with Crippen molar-refractivity contribution in [3.8, 4) is 34.3 Å². The van der Waals surface area contributed by atoms with Gasteiger partial charge >= 0.3 is 0 Å². The summed E-state index contributed by atoms with van der Waals surface area (Å²) in [6.45, 7) is 7.53. The molecular weight excluding hydrogens is 506 g/mol. The SMILES string of the molecule is CCc1c(C)c2c(Cc3ccc(-c4noc(C)n4)cc3)cc(Oc3cccc(-c4noc(C)n4)c3)cc2[nH]c1=O. The Hall–Kier alpha value is -5.05. The van der Waals surface area contributed by atoms with Crippen LogP contribution in [-0.2, 0) is 12.8 Å². The highest BCUT2D eigenvalue weighted by Gasteiger charge is 2.15. The van der Waals surface area contributed by atoms with E-state index in [-0.39, 0.29) is 5.56 Å². The number of aryl methyl sites for hydroxylation is 3. The fourth-order valence-electron chi connectivity index (χ4n) is 5.02. The van der Waals surface area contributed by atoms with E-state index in [2.05, 4.69) is 37.4 Å². The molecule has 0 aliphatic heterocycles. The van der Waals surface area contributed by atoms with Crippen LogP contribution in [0.25, 0.3) is 33.7 Å². The number of H-pyrrole nitrogens is 1. The summed E-state index contributed by atoms with van der Waals surface area (Å²) in [4.78, 5) is 24.6. The van der Waals surface area contributed by atoms with Crippen LogP contribution in [0.15, 0.2) is 74.5 Å². The molecule has 0 aliphatic carbocycles. The normalized spacial score (nSPS) is 11.3. The maximum absolute atomic E-state index is 12.9. The molecule has 40 heavy (non-hydrogen) atoms. The van der Waals surface area contributed by atoms with Gasteiger partial charge in [-0.05, 0) is 54.7 Å². The Morgan fingerprint density at radius 3 is 2.17 bits per heavy atom. The van der Waals surface area contributed by atoms with Gasteiger partial charge in [-0.25, -0.2) is 0 Å². The highest BCUT2D eigenvalue weighted by molar-refractivity contribution is 5.88. The monoisotopic (exact) mass is 533 g/mol. The molecule has 6 rings (SSSR count). The molecule has 0 amide bonds. The molecule has 0 unspecified atom stereocenters.